The lowest BCUT2D eigenvalue weighted by atomic mass is 9.91. The monoisotopic (exact) mass is 394 g/mol. The molecule has 0 spiro atoms. The van der Waals surface area contributed by atoms with Gasteiger partial charge in [-0.15, -0.1) is 0 Å². The molecule has 0 aliphatic carbocycles. The van der Waals surface area contributed by atoms with Crippen LogP contribution in [0.4, 0.5) is 5.82 Å². The van der Waals surface area contributed by atoms with Gasteiger partial charge in [0.2, 0.25) is 5.88 Å². The zero-order chi connectivity index (χ0) is 19.6. The van der Waals surface area contributed by atoms with Crippen LogP contribution in [0.5, 0.6) is 5.88 Å². The van der Waals surface area contributed by atoms with Gasteiger partial charge in [-0.05, 0) is 36.6 Å². The van der Waals surface area contributed by atoms with E-state index in [0.29, 0.717) is 24.4 Å². The molecule has 4 heterocycles. The first-order valence-corrected chi connectivity index (χ1v) is 10.3. The van der Waals surface area contributed by atoms with Crippen LogP contribution in [0.2, 0.25) is 0 Å². The Kier molecular flexibility index (Phi) is 5.08. The van der Waals surface area contributed by atoms with E-state index >= 15 is 0 Å². The van der Waals surface area contributed by atoms with Crippen molar-refractivity contribution >= 4 is 16.8 Å². The van der Waals surface area contributed by atoms with Gasteiger partial charge in [0.15, 0.2) is 11.4 Å². The van der Waals surface area contributed by atoms with Gasteiger partial charge >= 0.3 is 0 Å². The molecule has 152 valence electrons. The lowest BCUT2D eigenvalue weighted by Gasteiger charge is -2.46. The van der Waals surface area contributed by atoms with E-state index in [-0.39, 0.29) is 6.61 Å². The van der Waals surface area contributed by atoms with Gasteiger partial charge in [0.05, 0.1) is 18.6 Å². The maximum absolute atomic E-state index is 9.10. The van der Waals surface area contributed by atoms with Crippen LogP contribution in [-0.4, -0.2) is 59.0 Å². The molecule has 29 heavy (non-hydrogen) atoms. The average molecular weight is 394 g/mol. The van der Waals surface area contributed by atoms with Gasteiger partial charge in [-0.1, -0.05) is 17.3 Å². The zero-order valence-electron chi connectivity index (χ0n) is 16.4. The summed E-state index contributed by atoms with van der Waals surface area (Å²) in [6.45, 7) is 4.75. The quantitative estimate of drug-likeness (QED) is 0.713. The highest BCUT2D eigenvalue weighted by atomic mass is 16.5. The van der Waals surface area contributed by atoms with Crippen LogP contribution in [0.15, 0.2) is 47.1 Å². The Hall–Kier alpha value is -2.64. The third-order valence-corrected chi connectivity index (χ3v) is 6.11. The molecule has 0 saturated carbocycles. The minimum atomic E-state index is 0.00735. The molecule has 1 aromatic carbocycles. The Bertz CT molecular complexity index is 958. The smallest absolute Gasteiger partial charge is 0.213 e. The molecule has 2 aromatic heterocycles. The number of aliphatic hydroxyl groups is 1. The van der Waals surface area contributed by atoms with Crippen molar-refractivity contribution in [3.63, 3.8) is 0 Å². The maximum atomic E-state index is 9.10. The van der Waals surface area contributed by atoms with Crippen LogP contribution >= 0.6 is 0 Å². The molecular weight excluding hydrogens is 368 g/mol. The van der Waals surface area contributed by atoms with E-state index in [2.05, 4.69) is 26.0 Å². The highest BCUT2D eigenvalue weighted by Gasteiger charge is 2.34. The van der Waals surface area contributed by atoms with Crippen LogP contribution in [0.3, 0.4) is 0 Å². The predicted octanol–water partition coefficient (Wildman–Crippen LogP) is 2.69. The number of anilines is 1. The molecule has 0 bridgehead atoms. The van der Waals surface area contributed by atoms with Gasteiger partial charge in [0.1, 0.15) is 0 Å². The number of fused-ring (bicyclic) bond motifs is 2. The van der Waals surface area contributed by atoms with Crippen molar-refractivity contribution < 1.29 is 14.4 Å². The van der Waals surface area contributed by atoms with Crippen molar-refractivity contribution in [3.8, 4) is 5.88 Å². The average Bonchev–Trinajstić information content (AvgIpc) is 3.22. The SMILES string of the molecule is OCc1ccc(OC[C@@H]2CC[C@H]3CN(c4noc5ccccc45)CCN3C2)nc1. The van der Waals surface area contributed by atoms with Crippen molar-refractivity contribution in [2.75, 3.05) is 37.7 Å². The molecule has 2 saturated heterocycles. The number of aliphatic hydroxyl groups excluding tert-OH is 1. The highest BCUT2D eigenvalue weighted by molar-refractivity contribution is 5.88. The summed E-state index contributed by atoms with van der Waals surface area (Å²) in [5.74, 6) is 2.13. The first-order chi connectivity index (χ1) is 14.3. The summed E-state index contributed by atoms with van der Waals surface area (Å²) >= 11 is 0. The van der Waals surface area contributed by atoms with Crippen LogP contribution in [-0.2, 0) is 6.61 Å². The number of rotatable bonds is 5. The molecule has 0 radical (unpaired) electrons. The molecule has 2 fully saturated rings. The fourth-order valence-corrected chi connectivity index (χ4v) is 4.48. The number of hydrogen-bond donors (Lipinski definition) is 1. The van der Waals surface area contributed by atoms with Gasteiger partial charge in [-0.25, -0.2) is 4.98 Å². The standard InChI is InChI=1S/C22H26N4O3/c27-14-16-6-8-21(23-11-16)28-15-17-5-7-18-13-26(10-9-25(18)12-17)22-19-3-1-2-4-20(19)29-24-22/h1-4,6,8,11,17-18,27H,5,7,9-10,12-15H2/t17-,18+/m1/s1. The molecule has 2 aliphatic rings. The van der Waals surface area contributed by atoms with E-state index in [9.17, 15) is 0 Å². The number of nitrogens with zero attached hydrogens (tertiary/aromatic N) is 4. The summed E-state index contributed by atoms with van der Waals surface area (Å²) in [6, 6.07) is 12.3. The first kappa shape index (κ1) is 18.4. The molecule has 7 nitrogen and oxygen atoms in total. The van der Waals surface area contributed by atoms with E-state index in [1.807, 2.05) is 30.3 Å². The van der Waals surface area contributed by atoms with E-state index in [0.717, 1.165) is 61.4 Å². The molecule has 2 aliphatic heterocycles. The van der Waals surface area contributed by atoms with E-state index in [4.69, 9.17) is 14.4 Å². The molecule has 2 atom stereocenters. The van der Waals surface area contributed by atoms with Crippen molar-refractivity contribution in [2.45, 2.75) is 25.5 Å². The summed E-state index contributed by atoms with van der Waals surface area (Å²) in [5, 5.41) is 14.5. The van der Waals surface area contributed by atoms with Crippen molar-refractivity contribution in [1.82, 2.24) is 15.0 Å². The normalized spacial score (nSPS) is 22.6. The fraction of sp³-hybridized carbons (Fsp3) is 0.455. The number of hydrogen-bond acceptors (Lipinski definition) is 7. The summed E-state index contributed by atoms with van der Waals surface area (Å²) < 4.78 is 11.4. The Morgan fingerprint density at radius 1 is 1.10 bits per heavy atom. The molecular formula is C22H26N4O3. The van der Waals surface area contributed by atoms with Gasteiger partial charge in [0, 0.05) is 50.4 Å². The molecule has 7 heteroatoms. The Morgan fingerprint density at radius 2 is 2.03 bits per heavy atom. The summed E-state index contributed by atoms with van der Waals surface area (Å²) in [6.07, 6.45) is 3.99. The van der Waals surface area contributed by atoms with Gasteiger partial charge < -0.3 is 19.3 Å². The lowest BCUT2D eigenvalue weighted by Crippen LogP contribution is -2.57. The summed E-state index contributed by atoms with van der Waals surface area (Å²) in [5.41, 5.74) is 1.65. The largest absolute Gasteiger partial charge is 0.477 e. The number of piperazine rings is 1. The molecule has 0 amide bonds. The first-order valence-electron chi connectivity index (χ1n) is 10.3. The number of ether oxygens (including phenoxy) is 1. The van der Waals surface area contributed by atoms with Crippen molar-refractivity contribution in [3.05, 3.63) is 48.2 Å². The Morgan fingerprint density at radius 3 is 2.90 bits per heavy atom. The Balaban J connectivity index is 1.17. The molecule has 3 aromatic rings. The van der Waals surface area contributed by atoms with Crippen molar-refractivity contribution in [2.24, 2.45) is 5.92 Å². The number of aromatic nitrogens is 2. The van der Waals surface area contributed by atoms with E-state index in [1.54, 1.807) is 6.20 Å². The fourth-order valence-electron chi connectivity index (χ4n) is 4.48. The third kappa shape index (κ3) is 3.80. The number of pyridine rings is 1. The van der Waals surface area contributed by atoms with Crippen LogP contribution in [0, 0.1) is 5.92 Å². The second kappa shape index (κ2) is 8.00. The zero-order valence-corrected chi connectivity index (χ0v) is 16.4. The van der Waals surface area contributed by atoms with Gasteiger partial charge in [-0.3, -0.25) is 4.90 Å². The van der Waals surface area contributed by atoms with Gasteiger partial charge in [-0.2, -0.15) is 0 Å². The van der Waals surface area contributed by atoms with Crippen LogP contribution in [0.25, 0.3) is 11.0 Å². The number of benzene rings is 1. The van der Waals surface area contributed by atoms with E-state index < -0.39 is 0 Å². The predicted molar refractivity (Wildman–Crippen MR) is 110 cm³/mol. The number of piperidine rings is 1. The van der Waals surface area contributed by atoms with Crippen LogP contribution < -0.4 is 9.64 Å². The third-order valence-electron chi connectivity index (χ3n) is 6.11. The minimum absolute atomic E-state index is 0.00735. The van der Waals surface area contributed by atoms with Crippen molar-refractivity contribution in [1.29, 1.82) is 0 Å². The molecule has 0 unspecified atom stereocenters. The second-order valence-electron chi connectivity index (χ2n) is 8.01. The van der Waals surface area contributed by atoms with Crippen LogP contribution in [0.1, 0.15) is 18.4 Å². The van der Waals surface area contributed by atoms with Gasteiger partial charge in [0.25, 0.3) is 0 Å². The molecule has 1 N–H and O–H groups in total. The Labute approximate surface area is 169 Å². The summed E-state index contributed by atoms with van der Waals surface area (Å²) in [7, 11) is 0. The topological polar surface area (TPSA) is 74.9 Å². The number of para-hydroxylation sites is 1. The summed E-state index contributed by atoms with van der Waals surface area (Å²) in [4.78, 5) is 9.23. The van der Waals surface area contributed by atoms with E-state index in [1.165, 1.54) is 0 Å². The lowest BCUT2D eigenvalue weighted by molar-refractivity contribution is 0.0716. The minimum Gasteiger partial charge on any atom is -0.477 e. The maximum Gasteiger partial charge on any atom is 0.213 e. The molecule has 5 rings (SSSR count). The highest BCUT2D eigenvalue weighted by Crippen LogP contribution is 2.31. The second-order valence-corrected chi connectivity index (χ2v) is 8.01.